The number of carbonyl (C=O) groups excluding carboxylic acids is 1. The molecule has 102 valence electrons. The maximum absolute atomic E-state index is 12.5. The number of hydrogen-bond acceptors (Lipinski definition) is 3. The van der Waals surface area contributed by atoms with Crippen molar-refractivity contribution in [3.05, 3.63) is 11.8 Å². The largest absolute Gasteiger partial charge is 0.415 e. The van der Waals surface area contributed by atoms with Crippen LogP contribution >= 0.6 is 0 Å². The molecular formula is C10H15F3N4O. The molecule has 0 aliphatic carbocycles. The van der Waals surface area contributed by atoms with Gasteiger partial charge in [-0.25, -0.2) is 0 Å². The van der Waals surface area contributed by atoms with Crippen LogP contribution in [-0.2, 0) is 4.79 Å². The predicted molar refractivity (Wildman–Crippen MR) is 60.0 cm³/mol. The molecule has 0 aromatic carbocycles. The Balaban J connectivity index is 2.82. The van der Waals surface area contributed by atoms with Gasteiger partial charge in [-0.2, -0.15) is 18.3 Å². The van der Waals surface area contributed by atoms with Crippen LogP contribution in [0.15, 0.2) is 6.07 Å². The van der Waals surface area contributed by atoms with Crippen molar-refractivity contribution in [1.82, 2.24) is 10.2 Å². The van der Waals surface area contributed by atoms with Crippen molar-refractivity contribution in [2.24, 2.45) is 5.73 Å². The van der Waals surface area contributed by atoms with Crippen LogP contribution in [0.4, 0.5) is 19.0 Å². The van der Waals surface area contributed by atoms with Crippen LogP contribution in [0.3, 0.4) is 0 Å². The lowest BCUT2D eigenvalue weighted by Crippen LogP contribution is -2.59. The van der Waals surface area contributed by atoms with Gasteiger partial charge in [-0.05, 0) is 12.8 Å². The number of carbonyl (C=O) groups is 1. The lowest BCUT2D eigenvalue weighted by molar-refractivity contribution is -0.184. The second-order valence-corrected chi connectivity index (χ2v) is 4.52. The third-order valence-electron chi connectivity index (χ3n) is 2.52. The standard InChI is InChI=1S/C10H15F3N4O/c1-5(2)6-4-7(17-16-6)15-8(18)9(3,14)10(11,12)13/h4-5H,14H2,1-3H3,(H2,15,16,17,18). The maximum Gasteiger partial charge on any atom is 0.415 e. The molecule has 0 saturated heterocycles. The molecule has 4 N–H and O–H groups in total. The van der Waals surface area contributed by atoms with Crippen LogP contribution in [0.1, 0.15) is 32.4 Å². The minimum atomic E-state index is -4.83. The zero-order chi connectivity index (χ0) is 14.1. The normalized spacial score (nSPS) is 15.6. The Bertz CT molecular complexity index is 437. The summed E-state index contributed by atoms with van der Waals surface area (Å²) in [6.07, 6.45) is -4.83. The van der Waals surface area contributed by atoms with Gasteiger partial charge < -0.3 is 11.1 Å². The molecule has 1 aromatic heterocycles. The zero-order valence-corrected chi connectivity index (χ0v) is 10.2. The number of aromatic nitrogens is 2. The Kier molecular flexibility index (Phi) is 3.70. The number of alkyl halides is 3. The molecule has 0 aliphatic heterocycles. The number of hydrogen-bond donors (Lipinski definition) is 3. The highest BCUT2D eigenvalue weighted by molar-refractivity contribution is 5.97. The van der Waals surface area contributed by atoms with Gasteiger partial charge in [0.15, 0.2) is 11.4 Å². The van der Waals surface area contributed by atoms with E-state index < -0.39 is 17.6 Å². The lowest BCUT2D eigenvalue weighted by Gasteiger charge is -2.25. The average molecular weight is 264 g/mol. The number of nitrogens with one attached hydrogen (secondary N) is 2. The molecule has 0 fully saturated rings. The third-order valence-corrected chi connectivity index (χ3v) is 2.52. The first-order valence-electron chi connectivity index (χ1n) is 5.28. The Morgan fingerprint density at radius 2 is 2.06 bits per heavy atom. The molecule has 1 rings (SSSR count). The summed E-state index contributed by atoms with van der Waals surface area (Å²) in [7, 11) is 0. The van der Waals surface area contributed by atoms with Crippen LogP contribution < -0.4 is 11.1 Å². The Morgan fingerprint density at radius 1 is 1.50 bits per heavy atom. The molecule has 1 atom stereocenters. The van der Waals surface area contributed by atoms with Gasteiger partial charge in [0.2, 0.25) is 0 Å². The van der Waals surface area contributed by atoms with Gasteiger partial charge in [-0.1, -0.05) is 13.8 Å². The average Bonchev–Trinajstić information content (AvgIpc) is 2.64. The van der Waals surface area contributed by atoms with Gasteiger partial charge in [0.1, 0.15) is 0 Å². The van der Waals surface area contributed by atoms with E-state index in [-0.39, 0.29) is 11.7 Å². The van der Waals surface area contributed by atoms with Gasteiger partial charge in [-0.15, -0.1) is 0 Å². The number of H-pyrrole nitrogens is 1. The lowest BCUT2D eigenvalue weighted by atomic mass is 10.0. The fourth-order valence-corrected chi connectivity index (χ4v) is 1.07. The van der Waals surface area contributed by atoms with E-state index in [2.05, 4.69) is 10.2 Å². The zero-order valence-electron chi connectivity index (χ0n) is 10.2. The number of amides is 1. The van der Waals surface area contributed by atoms with Gasteiger partial charge in [0, 0.05) is 11.8 Å². The van der Waals surface area contributed by atoms with Crippen LogP contribution in [-0.4, -0.2) is 27.8 Å². The van der Waals surface area contributed by atoms with Crippen LogP contribution in [0.2, 0.25) is 0 Å². The van der Waals surface area contributed by atoms with Crippen molar-refractivity contribution < 1.29 is 18.0 Å². The summed E-state index contributed by atoms with van der Waals surface area (Å²) in [5, 5.41) is 8.34. The Morgan fingerprint density at radius 3 is 2.44 bits per heavy atom. The third kappa shape index (κ3) is 2.81. The van der Waals surface area contributed by atoms with Crippen molar-refractivity contribution in [3.8, 4) is 0 Å². The summed E-state index contributed by atoms with van der Waals surface area (Å²) >= 11 is 0. The number of nitrogens with two attached hydrogens (primary N) is 1. The van der Waals surface area contributed by atoms with Crippen molar-refractivity contribution in [2.75, 3.05) is 5.32 Å². The smallest absolute Gasteiger partial charge is 0.310 e. The van der Waals surface area contributed by atoms with E-state index in [1.54, 1.807) is 0 Å². The van der Waals surface area contributed by atoms with Gasteiger partial charge in [0.25, 0.3) is 5.91 Å². The molecule has 0 saturated carbocycles. The van der Waals surface area contributed by atoms with E-state index in [0.29, 0.717) is 12.6 Å². The molecule has 0 aliphatic rings. The van der Waals surface area contributed by atoms with E-state index in [4.69, 9.17) is 5.73 Å². The molecular weight excluding hydrogens is 249 g/mol. The molecule has 18 heavy (non-hydrogen) atoms. The Hall–Kier alpha value is -1.57. The second-order valence-electron chi connectivity index (χ2n) is 4.52. The summed E-state index contributed by atoms with van der Waals surface area (Å²) in [4.78, 5) is 11.4. The molecule has 5 nitrogen and oxygen atoms in total. The van der Waals surface area contributed by atoms with Gasteiger partial charge in [-0.3, -0.25) is 9.89 Å². The molecule has 8 heteroatoms. The van der Waals surface area contributed by atoms with E-state index >= 15 is 0 Å². The molecule has 1 amide bonds. The first-order chi connectivity index (χ1) is 8.05. The fourth-order valence-electron chi connectivity index (χ4n) is 1.07. The molecule has 0 bridgehead atoms. The summed E-state index contributed by atoms with van der Waals surface area (Å²) in [6.45, 7) is 4.36. The summed E-state index contributed by atoms with van der Waals surface area (Å²) in [5.41, 5.74) is 2.73. The monoisotopic (exact) mass is 264 g/mol. The highest BCUT2D eigenvalue weighted by Crippen LogP contribution is 2.29. The number of nitrogens with zero attached hydrogens (tertiary/aromatic N) is 1. The summed E-state index contributed by atoms with van der Waals surface area (Å²) in [5.74, 6) is -1.21. The number of aromatic amines is 1. The van der Waals surface area contributed by atoms with Crippen LogP contribution in [0.5, 0.6) is 0 Å². The fraction of sp³-hybridized carbons (Fsp3) is 0.600. The Labute approximate surface area is 102 Å². The van der Waals surface area contributed by atoms with Gasteiger partial charge in [0.05, 0.1) is 0 Å². The van der Waals surface area contributed by atoms with E-state index in [9.17, 15) is 18.0 Å². The molecule has 0 radical (unpaired) electrons. The van der Waals surface area contributed by atoms with Crippen molar-refractivity contribution in [2.45, 2.75) is 38.4 Å². The van der Waals surface area contributed by atoms with E-state index in [1.807, 2.05) is 19.2 Å². The minimum absolute atomic E-state index is 0.0182. The number of rotatable bonds is 3. The first kappa shape index (κ1) is 14.5. The topological polar surface area (TPSA) is 83.8 Å². The molecule has 1 heterocycles. The quantitative estimate of drug-likeness (QED) is 0.777. The minimum Gasteiger partial charge on any atom is -0.310 e. The van der Waals surface area contributed by atoms with E-state index in [1.165, 1.54) is 6.07 Å². The van der Waals surface area contributed by atoms with Crippen molar-refractivity contribution in [3.63, 3.8) is 0 Å². The van der Waals surface area contributed by atoms with Gasteiger partial charge >= 0.3 is 6.18 Å². The molecule has 0 spiro atoms. The van der Waals surface area contributed by atoms with Crippen LogP contribution in [0, 0.1) is 0 Å². The van der Waals surface area contributed by atoms with Crippen molar-refractivity contribution >= 4 is 11.7 Å². The number of anilines is 1. The molecule has 1 aromatic rings. The summed E-state index contributed by atoms with van der Waals surface area (Å²) < 4.78 is 37.5. The van der Waals surface area contributed by atoms with Crippen LogP contribution in [0.25, 0.3) is 0 Å². The van der Waals surface area contributed by atoms with E-state index in [0.717, 1.165) is 0 Å². The van der Waals surface area contributed by atoms with Crippen molar-refractivity contribution in [1.29, 1.82) is 0 Å². The predicted octanol–water partition coefficient (Wildman–Crippen LogP) is 1.75. The SMILES string of the molecule is CC(C)c1cc(NC(=O)C(C)(N)C(F)(F)F)n[nH]1. The highest BCUT2D eigenvalue weighted by Gasteiger charge is 2.54. The molecule has 1 unspecified atom stereocenters. The second kappa shape index (κ2) is 4.60. The highest BCUT2D eigenvalue weighted by atomic mass is 19.4. The maximum atomic E-state index is 12.5. The summed E-state index contributed by atoms with van der Waals surface area (Å²) in [6, 6.07) is 1.47. The number of halogens is 3. The first-order valence-corrected chi connectivity index (χ1v) is 5.28.